The molecule has 0 radical (unpaired) electrons. The Morgan fingerprint density at radius 1 is 1.00 bits per heavy atom. The molecule has 1 aliphatic heterocycles. The van der Waals surface area contributed by atoms with Gasteiger partial charge < -0.3 is 10.2 Å². The molecule has 18 heavy (non-hydrogen) atoms. The number of nitrogens with one attached hydrogen (secondary N) is 1. The van der Waals surface area contributed by atoms with Crippen molar-refractivity contribution in [3.8, 4) is 0 Å². The molecule has 1 aliphatic rings. The van der Waals surface area contributed by atoms with E-state index in [1.54, 1.807) is 0 Å². The molecule has 1 unspecified atom stereocenters. The third kappa shape index (κ3) is 6.17. The minimum Gasteiger partial charge on any atom is -0.317 e. The van der Waals surface area contributed by atoms with Gasteiger partial charge in [0.2, 0.25) is 0 Å². The normalized spacial score (nSPS) is 20.2. The Kier molecular flexibility index (Phi) is 8.64. The van der Waals surface area contributed by atoms with Gasteiger partial charge in [0.25, 0.3) is 0 Å². The summed E-state index contributed by atoms with van der Waals surface area (Å²) in [6, 6.07) is 0.769. The van der Waals surface area contributed by atoms with Crippen LogP contribution < -0.4 is 5.32 Å². The molecule has 1 N–H and O–H groups in total. The Morgan fingerprint density at radius 3 is 2.33 bits per heavy atom. The molecule has 0 aromatic carbocycles. The Hall–Kier alpha value is -0.120. The zero-order valence-electron chi connectivity index (χ0n) is 12.7. The van der Waals surface area contributed by atoms with E-state index in [0.29, 0.717) is 0 Å². The molecule has 1 fully saturated rings. The number of hydrogen-bond donors (Lipinski definition) is 1. The first-order valence-corrected chi connectivity index (χ1v) is 7.95. The van der Waals surface area contributed by atoms with Crippen molar-refractivity contribution in [3.63, 3.8) is 0 Å². The number of rotatable bonds is 9. The largest absolute Gasteiger partial charge is 0.317 e. The zero-order chi connectivity index (χ0) is 13.2. The zero-order valence-corrected chi connectivity index (χ0v) is 12.7. The SMILES string of the molecule is CCCNCCCCN1CCN(C(C)CC)CC1. The fourth-order valence-corrected chi connectivity index (χ4v) is 2.57. The first kappa shape index (κ1) is 15.9. The molecule has 108 valence electrons. The van der Waals surface area contributed by atoms with E-state index >= 15 is 0 Å². The first-order valence-electron chi connectivity index (χ1n) is 7.95. The summed E-state index contributed by atoms with van der Waals surface area (Å²) in [6.07, 6.45) is 5.20. The smallest absolute Gasteiger partial charge is 0.0113 e. The van der Waals surface area contributed by atoms with Crippen LogP contribution in [0.3, 0.4) is 0 Å². The van der Waals surface area contributed by atoms with Gasteiger partial charge in [0, 0.05) is 32.2 Å². The van der Waals surface area contributed by atoms with Gasteiger partial charge in [0.15, 0.2) is 0 Å². The van der Waals surface area contributed by atoms with Crippen molar-refractivity contribution in [1.82, 2.24) is 15.1 Å². The van der Waals surface area contributed by atoms with E-state index in [2.05, 4.69) is 35.9 Å². The molecule has 0 aromatic rings. The number of piperazine rings is 1. The molecule has 0 aromatic heterocycles. The molecule has 0 saturated carbocycles. The Bertz CT molecular complexity index is 188. The van der Waals surface area contributed by atoms with Crippen molar-refractivity contribution in [2.24, 2.45) is 0 Å². The predicted octanol–water partition coefficient (Wildman–Crippen LogP) is 2.18. The van der Waals surface area contributed by atoms with E-state index < -0.39 is 0 Å². The molecular formula is C15H33N3. The van der Waals surface area contributed by atoms with E-state index in [-0.39, 0.29) is 0 Å². The third-order valence-corrected chi connectivity index (χ3v) is 4.13. The van der Waals surface area contributed by atoms with Crippen LogP contribution in [0.4, 0.5) is 0 Å². The van der Waals surface area contributed by atoms with Crippen LogP contribution in [0.2, 0.25) is 0 Å². The monoisotopic (exact) mass is 255 g/mol. The minimum atomic E-state index is 0.769. The predicted molar refractivity (Wildman–Crippen MR) is 80.2 cm³/mol. The molecule has 0 spiro atoms. The maximum atomic E-state index is 3.48. The highest BCUT2D eigenvalue weighted by Gasteiger charge is 2.19. The minimum absolute atomic E-state index is 0.769. The molecule has 1 atom stereocenters. The molecule has 1 heterocycles. The van der Waals surface area contributed by atoms with Crippen molar-refractivity contribution in [2.45, 2.75) is 52.5 Å². The van der Waals surface area contributed by atoms with Crippen molar-refractivity contribution in [2.75, 3.05) is 45.8 Å². The standard InChI is InChI=1S/C15H33N3/c1-4-8-16-9-6-7-10-17-11-13-18(14-12-17)15(3)5-2/h15-16H,4-14H2,1-3H3. The summed E-state index contributed by atoms with van der Waals surface area (Å²) in [7, 11) is 0. The Morgan fingerprint density at radius 2 is 1.72 bits per heavy atom. The van der Waals surface area contributed by atoms with Gasteiger partial charge in [0.05, 0.1) is 0 Å². The van der Waals surface area contributed by atoms with E-state index in [1.807, 2.05) is 0 Å². The van der Waals surface area contributed by atoms with Crippen LogP contribution in [0, 0.1) is 0 Å². The molecule has 3 nitrogen and oxygen atoms in total. The van der Waals surface area contributed by atoms with Crippen molar-refractivity contribution in [1.29, 1.82) is 0 Å². The quantitative estimate of drug-likeness (QED) is 0.637. The van der Waals surface area contributed by atoms with Crippen LogP contribution >= 0.6 is 0 Å². The Balaban J connectivity index is 1.98. The fraction of sp³-hybridized carbons (Fsp3) is 1.00. The summed E-state index contributed by atoms with van der Waals surface area (Å²) in [5, 5.41) is 3.48. The summed E-state index contributed by atoms with van der Waals surface area (Å²) < 4.78 is 0. The van der Waals surface area contributed by atoms with E-state index in [1.165, 1.54) is 71.5 Å². The third-order valence-electron chi connectivity index (χ3n) is 4.13. The van der Waals surface area contributed by atoms with Gasteiger partial charge in [-0.05, 0) is 52.2 Å². The number of nitrogens with zero attached hydrogens (tertiary/aromatic N) is 2. The highest BCUT2D eigenvalue weighted by atomic mass is 15.3. The second-order valence-corrected chi connectivity index (χ2v) is 5.59. The lowest BCUT2D eigenvalue weighted by atomic mass is 10.2. The molecular weight excluding hydrogens is 222 g/mol. The van der Waals surface area contributed by atoms with Gasteiger partial charge >= 0.3 is 0 Å². The molecule has 0 aliphatic carbocycles. The van der Waals surface area contributed by atoms with Crippen molar-refractivity contribution >= 4 is 0 Å². The average molecular weight is 255 g/mol. The average Bonchev–Trinajstić information content (AvgIpc) is 2.42. The lowest BCUT2D eigenvalue weighted by molar-refractivity contribution is 0.0996. The van der Waals surface area contributed by atoms with Crippen molar-refractivity contribution in [3.05, 3.63) is 0 Å². The first-order chi connectivity index (χ1) is 8.77. The number of unbranched alkanes of at least 4 members (excludes halogenated alkanes) is 1. The molecule has 0 bridgehead atoms. The maximum absolute atomic E-state index is 3.48. The van der Waals surface area contributed by atoms with E-state index in [0.717, 1.165) is 6.04 Å². The summed E-state index contributed by atoms with van der Waals surface area (Å²) >= 11 is 0. The van der Waals surface area contributed by atoms with E-state index in [4.69, 9.17) is 0 Å². The van der Waals surface area contributed by atoms with Crippen LogP contribution in [0.15, 0.2) is 0 Å². The topological polar surface area (TPSA) is 18.5 Å². The lowest BCUT2D eigenvalue weighted by Crippen LogP contribution is -2.49. The Labute approximate surface area is 114 Å². The van der Waals surface area contributed by atoms with Gasteiger partial charge in [-0.2, -0.15) is 0 Å². The highest BCUT2D eigenvalue weighted by Crippen LogP contribution is 2.09. The van der Waals surface area contributed by atoms with Crippen molar-refractivity contribution < 1.29 is 0 Å². The summed E-state index contributed by atoms with van der Waals surface area (Å²) in [6.45, 7) is 15.6. The van der Waals surface area contributed by atoms with Crippen LogP contribution in [0.25, 0.3) is 0 Å². The lowest BCUT2D eigenvalue weighted by Gasteiger charge is -2.37. The highest BCUT2D eigenvalue weighted by molar-refractivity contribution is 4.75. The molecule has 1 saturated heterocycles. The number of hydrogen-bond acceptors (Lipinski definition) is 3. The van der Waals surface area contributed by atoms with Gasteiger partial charge in [0.1, 0.15) is 0 Å². The molecule has 1 rings (SSSR count). The maximum Gasteiger partial charge on any atom is 0.0113 e. The van der Waals surface area contributed by atoms with Gasteiger partial charge in [-0.15, -0.1) is 0 Å². The summed E-state index contributed by atoms with van der Waals surface area (Å²) in [4.78, 5) is 5.28. The van der Waals surface area contributed by atoms with Crippen LogP contribution in [0.1, 0.15) is 46.5 Å². The van der Waals surface area contributed by atoms with E-state index in [9.17, 15) is 0 Å². The van der Waals surface area contributed by atoms with Crippen LogP contribution in [-0.2, 0) is 0 Å². The van der Waals surface area contributed by atoms with Gasteiger partial charge in [-0.1, -0.05) is 13.8 Å². The van der Waals surface area contributed by atoms with Crippen LogP contribution in [-0.4, -0.2) is 61.7 Å². The summed E-state index contributed by atoms with van der Waals surface area (Å²) in [5.74, 6) is 0. The van der Waals surface area contributed by atoms with Crippen LogP contribution in [0.5, 0.6) is 0 Å². The summed E-state index contributed by atoms with van der Waals surface area (Å²) in [5.41, 5.74) is 0. The molecule has 3 heteroatoms. The fourth-order valence-electron chi connectivity index (χ4n) is 2.57. The van der Waals surface area contributed by atoms with Gasteiger partial charge in [-0.3, -0.25) is 4.90 Å². The molecule has 0 amide bonds. The van der Waals surface area contributed by atoms with Gasteiger partial charge in [-0.25, -0.2) is 0 Å². The second-order valence-electron chi connectivity index (χ2n) is 5.59. The second kappa shape index (κ2) is 9.76.